The lowest BCUT2D eigenvalue weighted by Crippen LogP contribution is -2.31. The minimum atomic E-state index is 0.880. The molecule has 0 radical (unpaired) electrons. The van der Waals surface area contributed by atoms with Gasteiger partial charge in [0.05, 0.1) is 17.9 Å². The quantitative estimate of drug-likeness (QED) is 0.848. The first-order valence-electron chi connectivity index (χ1n) is 8.62. The van der Waals surface area contributed by atoms with E-state index in [1.165, 1.54) is 16.9 Å². The molecule has 1 heterocycles. The molecule has 0 amide bonds. The first kappa shape index (κ1) is 16.2. The molecular weight excluding hydrogens is 294 g/mol. The number of benzene rings is 2. The lowest BCUT2D eigenvalue weighted by Gasteiger charge is -2.21. The van der Waals surface area contributed by atoms with E-state index in [0.29, 0.717) is 0 Å². The second-order valence-corrected chi connectivity index (χ2v) is 5.81. The Morgan fingerprint density at radius 2 is 1.67 bits per heavy atom. The highest BCUT2D eigenvalue weighted by Crippen LogP contribution is 2.18. The van der Waals surface area contributed by atoms with Crippen molar-refractivity contribution in [1.82, 2.24) is 5.43 Å². The number of nitrogens with zero attached hydrogens (tertiary/aromatic N) is 2. The van der Waals surface area contributed by atoms with Crippen molar-refractivity contribution in [2.75, 3.05) is 29.5 Å². The van der Waals surface area contributed by atoms with Gasteiger partial charge in [-0.1, -0.05) is 36.4 Å². The summed E-state index contributed by atoms with van der Waals surface area (Å²) in [5.41, 5.74) is 8.23. The maximum atomic E-state index is 3.42. The summed E-state index contributed by atoms with van der Waals surface area (Å²) in [4.78, 5) is 2.35. The van der Waals surface area contributed by atoms with Crippen molar-refractivity contribution in [3.05, 3.63) is 78.0 Å². The first-order chi connectivity index (χ1) is 11.8. The van der Waals surface area contributed by atoms with Crippen molar-refractivity contribution in [2.24, 2.45) is 0 Å². The number of nitrogens with one attached hydrogen (secondary N) is 1. The Kier molecular flexibility index (Phi) is 5.22. The number of hydrogen-bond donors (Lipinski definition) is 1. The normalized spacial score (nSPS) is 13.9. The molecule has 0 saturated carbocycles. The Morgan fingerprint density at radius 1 is 0.958 bits per heavy atom. The van der Waals surface area contributed by atoms with E-state index in [2.05, 4.69) is 95.9 Å². The molecule has 0 unspecified atom stereocenters. The molecule has 3 nitrogen and oxygen atoms in total. The Labute approximate surface area is 144 Å². The average Bonchev–Trinajstić information content (AvgIpc) is 3.12. The van der Waals surface area contributed by atoms with E-state index < -0.39 is 0 Å². The van der Waals surface area contributed by atoms with E-state index >= 15 is 0 Å². The van der Waals surface area contributed by atoms with E-state index in [0.717, 1.165) is 25.3 Å². The molecule has 3 rings (SSSR count). The van der Waals surface area contributed by atoms with Gasteiger partial charge in [0.2, 0.25) is 0 Å². The van der Waals surface area contributed by atoms with Crippen LogP contribution >= 0.6 is 0 Å². The van der Waals surface area contributed by atoms with Gasteiger partial charge in [-0.05, 0) is 55.8 Å². The molecule has 0 aromatic heterocycles. The predicted octanol–water partition coefficient (Wildman–Crippen LogP) is 4.45. The van der Waals surface area contributed by atoms with Crippen LogP contribution in [-0.2, 0) is 0 Å². The van der Waals surface area contributed by atoms with Crippen LogP contribution in [0.25, 0.3) is 6.08 Å². The molecule has 0 aliphatic carbocycles. The van der Waals surface area contributed by atoms with Crippen LogP contribution in [0.1, 0.15) is 19.4 Å². The highest BCUT2D eigenvalue weighted by Gasteiger charge is 2.11. The lowest BCUT2D eigenvalue weighted by molar-refractivity contribution is 0.819. The van der Waals surface area contributed by atoms with Crippen LogP contribution < -0.4 is 15.3 Å². The van der Waals surface area contributed by atoms with Crippen LogP contribution in [0.4, 0.5) is 11.4 Å². The van der Waals surface area contributed by atoms with Crippen molar-refractivity contribution >= 4 is 17.5 Å². The van der Waals surface area contributed by atoms with E-state index in [-0.39, 0.29) is 0 Å². The third kappa shape index (κ3) is 3.80. The summed E-state index contributed by atoms with van der Waals surface area (Å²) in [6, 6.07) is 19.1. The summed E-state index contributed by atoms with van der Waals surface area (Å²) in [5.74, 6) is 0. The maximum Gasteiger partial charge on any atom is 0.0598 e. The fraction of sp³-hybridized carbons (Fsp3) is 0.238. The number of rotatable bonds is 6. The molecule has 2 aromatic rings. The van der Waals surface area contributed by atoms with Gasteiger partial charge < -0.3 is 4.90 Å². The molecule has 1 N–H and O–H groups in total. The summed E-state index contributed by atoms with van der Waals surface area (Å²) in [6.07, 6.45) is 6.49. The Morgan fingerprint density at radius 3 is 2.33 bits per heavy atom. The zero-order valence-corrected chi connectivity index (χ0v) is 14.4. The van der Waals surface area contributed by atoms with E-state index in [1.54, 1.807) is 0 Å². The topological polar surface area (TPSA) is 18.5 Å². The van der Waals surface area contributed by atoms with Crippen molar-refractivity contribution in [3.63, 3.8) is 0 Å². The smallest absolute Gasteiger partial charge is 0.0598 e. The maximum absolute atomic E-state index is 3.42. The molecular formula is C21H25N3. The molecule has 0 spiro atoms. The summed E-state index contributed by atoms with van der Waals surface area (Å²) in [6.45, 7) is 7.34. The van der Waals surface area contributed by atoms with Crippen molar-refractivity contribution in [2.45, 2.75) is 13.8 Å². The SMILES string of the molecule is CCN(CC)c1ccc(C=CC2=CCN(c3ccccc3)N2)cc1. The summed E-state index contributed by atoms with van der Waals surface area (Å²) in [7, 11) is 0. The number of anilines is 2. The highest BCUT2D eigenvalue weighted by molar-refractivity contribution is 5.59. The van der Waals surface area contributed by atoms with Gasteiger partial charge in [0.15, 0.2) is 0 Å². The van der Waals surface area contributed by atoms with Crippen LogP contribution in [-0.4, -0.2) is 19.6 Å². The largest absolute Gasteiger partial charge is 0.372 e. The summed E-state index contributed by atoms with van der Waals surface area (Å²) in [5, 5.41) is 2.14. The van der Waals surface area contributed by atoms with Crippen LogP contribution in [0, 0.1) is 0 Å². The summed E-state index contributed by atoms with van der Waals surface area (Å²) >= 11 is 0. The second kappa shape index (κ2) is 7.73. The molecule has 0 bridgehead atoms. The number of hydrazine groups is 1. The number of para-hydroxylation sites is 1. The molecule has 1 aliphatic rings. The van der Waals surface area contributed by atoms with Gasteiger partial charge in [0.25, 0.3) is 0 Å². The van der Waals surface area contributed by atoms with Gasteiger partial charge in [0, 0.05) is 18.8 Å². The molecule has 124 valence electrons. The molecule has 1 aliphatic heterocycles. The molecule has 3 heteroatoms. The summed E-state index contributed by atoms with van der Waals surface area (Å²) < 4.78 is 0. The van der Waals surface area contributed by atoms with Gasteiger partial charge in [-0.25, -0.2) is 0 Å². The van der Waals surface area contributed by atoms with Gasteiger partial charge in [-0.3, -0.25) is 10.4 Å². The molecule has 0 saturated heterocycles. The van der Waals surface area contributed by atoms with E-state index in [4.69, 9.17) is 0 Å². The standard InChI is InChI=1S/C21H25N3/c1-3-23(4-2)20-14-11-18(12-15-20)10-13-19-16-17-24(22-19)21-8-6-5-7-9-21/h5-16,22H,3-4,17H2,1-2H3. The number of allylic oxidation sites excluding steroid dienone is 1. The predicted molar refractivity (Wildman–Crippen MR) is 104 cm³/mol. The van der Waals surface area contributed by atoms with Gasteiger partial charge in [-0.15, -0.1) is 0 Å². The van der Waals surface area contributed by atoms with Crippen LogP contribution in [0.5, 0.6) is 0 Å². The third-order valence-corrected chi connectivity index (χ3v) is 4.30. The lowest BCUT2D eigenvalue weighted by atomic mass is 10.1. The van der Waals surface area contributed by atoms with Crippen molar-refractivity contribution in [1.29, 1.82) is 0 Å². The molecule has 2 aromatic carbocycles. The molecule has 24 heavy (non-hydrogen) atoms. The fourth-order valence-corrected chi connectivity index (χ4v) is 2.89. The monoisotopic (exact) mass is 319 g/mol. The minimum Gasteiger partial charge on any atom is -0.372 e. The van der Waals surface area contributed by atoms with E-state index in [9.17, 15) is 0 Å². The Bertz CT molecular complexity index is 698. The van der Waals surface area contributed by atoms with Gasteiger partial charge in [-0.2, -0.15) is 0 Å². The Balaban J connectivity index is 1.60. The average molecular weight is 319 g/mol. The number of hydrogen-bond acceptors (Lipinski definition) is 3. The van der Waals surface area contributed by atoms with Crippen LogP contribution in [0.15, 0.2) is 72.4 Å². The third-order valence-electron chi connectivity index (χ3n) is 4.30. The zero-order valence-electron chi connectivity index (χ0n) is 14.4. The highest BCUT2D eigenvalue weighted by atomic mass is 15.5. The van der Waals surface area contributed by atoms with Crippen molar-refractivity contribution < 1.29 is 0 Å². The second-order valence-electron chi connectivity index (χ2n) is 5.81. The molecule has 0 atom stereocenters. The Hall–Kier alpha value is -2.68. The van der Waals surface area contributed by atoms with Gasteiger partial charge >= 0.3 is 0 Å². The fourth-order valence-electron chi connectivity index (χ4n) is 2.89. The minimum absolute atomic E-state index is 0.880. The van der Waals surface area contributed by atoms with Crippen LogP contribution in [0.2, 0.25) is 0 Å². The van der Waals surface area contributed by atoms with Crippen LogP contribution in [0.3, 0.4) is 0 Å². The van der Waals surface area contributed by atoms with E-state index in [1.807, 2.05) is 6.07 Å². The van der Waals surface area contributed by atoms with Gasteiger partial charge in [0.1, 0.15) is 0 Å². The molecule has 0 fully saturated rings. The first-order valence-corrected chi connectivity index (χ1v) is 8.62. The van der Waals surface area contributed by atoms with Crippen molar-refractivity contribution in [3.8, 4) is 0 Å². The zero-order chi connectivity index (χ0) is 16.8.